The molecule has 0 saturated carbocycles. The molecule has 0 aromatic heterocycles. The van der Waals surface area contributed by atoms with Gasteiger partial charge in [-0.1, -0.05) is 42.0 Å². The first kappa shape index (κ1) is 18.4. The molecule has 0 unspecified atom stereocenters. The van der Waals surface area contributed by atoms with Crippen LogP contribution < -0.4 is 0 Å². The molecule has 0 radical (unpaired) electrons. The van der Waals surface area contributed by atoms with E-state index in [1.54, 1.807) is 0 Å². The van der Waals surface area contributed by atoms with Gasteiger partial charge in [0.2, 0.25) is 0 Å². The van der Waals surface area contributed by atoms with Gasteiger partial charge in [0.05, 0.1) is 0 Å². The SMILES string of the molecule is Cc1cc2c(O)c(c1)Cc1cc(C)c(O)c(c1)CCc1cc(cc(C)c1O)C2. The molecular formula is C25H26O3. The van der Waals surface area contributed by atoms with E-state index < -0.39 is 0 Å². The van der Waals surface area contributed by atoms with Crippen molar-refractivity contribution in [2.75, 3.05) is 0 Å². The minimum absolute atomic E-state index is 0.320. The van der Waals surface area contributed by atoms with Gasteiger partial charge >= 0.3 is 0 Å². The maximum Gasteiger partial charge on any atom is 0.122 e. The van der Waals surface area contributed by atoms with Crippen LogP contribution in [-0.2, 0) is 25.7 Å². The Morgan fingerprint density at radius 1 is 0.536 bits per heavy atom. The van der Waals surface area contributed by atoms with Crippen molar-refractivity contribution in [3.63, 3.8) is 0 Å². The zero-order valence-corrected chi connectivity index (χ0v) is 16.6. The van der Waals surface area contributed by atoms with E-state index in [0.29, 0.717) is 42.9 Å². The minimum atomic E-state index is 0.320. The molecule has 3 nitrogen and oxygen atoms in total. The predicted molar refractivity (Wildman–Crippen MR) is 112 cm³/mol. The summed E-state index contributed by atoms with van der Waals surface area (Å²) < 4.78 is 0. The van der Waals surface area contributed by atoms with Crippen LogP contribution in [0.25, 0.3) is 0 Å². The smallest absolute Gasteiger partial charge is 0.122 e. The minimum Gasteiger partial charge on any atom is -0.507 e. The maximum absolute atomic E-state index is 10.9. The third-order valence-electron chi connectivity index (χ3n) is 5.74. The second-order valence-electron chi connectivity index (χ2n) is 8.13. The molecule has 0 saturated heterocycles. The number of hydrogen-bond donors (Lipinski definition) is 3. The fourth-order valence-corrected chi connectivity index (χ4v) is 4.37. The molecule has 0 aliphatic heterocycles. The molecule has 1 aliphatic carbocycles. The number of phenols is 3. The van der Waals surface area contributed by atoms with Gasteiger partial charge in [-0.2, -0.15) is 0 Å². The summed E-state index contributed by atoms with van der Waals surface area (Å²) in [7, 11) is 0. The Kier molecular flexibility index (Phi) is 4.54. The molecule has 0 fully saturated rings. The van der Waals surface area contributed by atoms with E-state index in [-0.39, 0.29) is 0 Å². The fraction of sp³-hybridized carbons (Fsp3) is 0.280. The van der Waals surface area contributed by atoms with E-state index >= 15 is 0 Å². The Morgan fingerprint density at radius 3 is 1.39 bits per heavy atom. The summed E-state index contributed by atoms with van der Waals surface area (Å²) in [4.78, 5) is 0. The van der Waals surface area contributed by atoms with Crippen LogP contribution >= 0.6 is 0 Å². The van der Waals surface area contributed by atoms with Crippen LogP contribution in [0.3, 0.4) is 0 Å². The molecule has 3 N–H and O–H groups in total. The van der Waals surface area contributed by atoms with Crippen LogP contribution in [0.5, 0.6) is 17.2 Å². The van der Waals surface area contributed by atoms with Crippen molar-refractivity contribution in [3.05, 3.63) is 86.5 Å². The third-order valence-corrected chi connectivity index (χ3v) is 5.74. The normalized spacial score (nSPS) is 13.4. The molecule has 0 heterocycles. The van der Waals surface area contributed by atoms with Gasteiger partial charge in [-0.15, -0.1) is 0 Å². The molecule has 3 aromatic carbocycles. The van der Waals surface area contributed by atoms with Crippen LogP contribution in [0.2, 0.25) is 0 Å². The molecule has 1 aliphatic rings. The van der Waals surface area contributed by atoms with Gasteiger partial charge in [-0.05, 0) is 78.1 Å². The lowest BCUT2D eigenvalue weighted by atomic mass is 9.93. The highest BCUT2D eigenvalue weighted by molar-refractivity contribution is 5.52. The van der Waals surface area contributed by atoms with Gasteiger partial charge in [0.1, 0.15) is 17.2 Å². The van der Waals surface area contributed by atoms with Crippen molar-refractivity contribution in [1.82, 2.24) is 0 Å². The van der Waals surface area contributed by atoms with Gasteiger partial charge < -0.3 is 15.3 Å². The molecule has 0 spiro atoms. The monoisotopic (exact) mass is 374 g/mol. The summed E-state index contributed by atoms with van der Waals surface area (Å²) in [5.41, 5.74) is 8.50. The number of hydrogen-bond acceptors (Lipinski definition) is 3. The van der Waals surface area contributed by atoms with E-state index in [4.69, 9.17) is 0 Å². The fourth-order valence-electron chi connectivity index (χ4n) is 4.37. The van der Waals surface area contributed by atoms with E-state index in [1.165, 1.54) is 0 Å². The second-order valence-corrected chi connectivity index (χ2v) is 8.13. The number of benzene rings is 3. The van der Waals surface area contributed by atoms with Crippen molar-refractivity contribution < 1.29 is 15.3 Å². The molecule has 6 bridgehead atoms. The van der Waals surface area contributed by atoms with Crippen molar-refractivity contribution >= 4 is 0 Å². The highest BCUT2D eigenvalue weighted by Crippen LogP contribution is 2.34. The lowest BCUT2D eigenvalue weighted by Gasteiger charge is -2.14. The first-order chi connectivity index (χ1) is 13.3. The molecule has 144 valence electrons. The van der Waals surface area contributed by atoms with E-state index in [1.807, 2.05) is 57.2 Å². The first-order valence-electron chi connectivity index (χ1n) is 9.76. The zero-order chi connectivity index (χ0) is 20.0. The molecule has 0 amide bonds. The van der Waals surface area contributed by atoms with Crippen molar-refractivity contribution in [2.45, 2.75) is 46.5 Å². The second kappa shape index (κ2) is 6.90. The highest BCUT2D eigenvalue weighted by Gasteiger charge is 2.16. The molecule has 28 heavy (non-hydrogen) atoms. The first-order valence-corrected chi connectivity index (χ1v) is 9.76. The number of fused-ring (bicyclic) bond motifs is 6. The Labute approximate surface area is 165 Å². The van der Waals surface area contributed by atoms with Crippen molar-refractivity contribution in [3.8, 4) is 17.2 Å². The van der Waals surface area contributed by atoms with Crippen molar-refractivity contribution in [1.29, 1.82) is 0 Å². The molecule has 4 rings (SSSR count). The molecule has 3 aromatic rings. The summed E-state index contributed by atoms with van der Waals surface area (Å²) in [5.74, 6) is 0.977. The standard InChI is InChI=1S/C25H26O3/c1-14-6-21-12-17-8-15(2)23(26)19(10-17)4-5-20-11-18(9-16(3)24(20)27)13-22(7-14)25(21)28/h6-11,26-28H,4-5,12-13H2,1-3H3. The average molecular weight is 374 g/mol. The topological polar surface area (TPSA) is 60.7 Å². The predicted octanol–water partition coefficient (Wildman–Crippen LogP) is 5.01. The summed E-state index contributed by atoms with van der Waals surface area (Å²) in [6.45, 7) is 5.86. The van der Waals surface area contributed by atoms with Gasteiger partial charge in [0.25, 0.3) is 0 Å². The Balaban J connectivity index is 1.95. The van der Waals surface area contributed by atoms with E-state index in [0.717, 1.165) is 50.1 Å². The third kappa shape index (κ3) is 3.33. The largest absolute Gasteiger partial charge is 0.507 e. The Hall–Kier alpha value is -2.94. The number of aryl methyl sites for hydroxylation is 5. The summed E-state index contributed by atoms with van der Waals surface area (Å²) in [6.07, 6.45) is 2.55. The Bertz CT molecular complexity index is 997. The molecule has 3 heteroatoms. The van der Waals surface area contributed by atoms with E-state index in [9.17, 15) is 15.3 Å². The quantitative estimate of drug-likeness (QED) is 0.518. The number of rotatable bonds is 0. The van der Waals surface area contributed by atoms with E-state index in [2.05, 4.69) is 0 Å². The van der Waals surface area contributed by atoms with Gasteiger partial charge in [0, 0.05) is 12.8 Å². The van der Waals surface area contributed by atoms with Gasteiger partial charge in [-0.25, -0.2) is 0 Å². The van der Waals surface area contributed by atoms with Crippen LogP contribution in [0, 0.1) is 20.8 Å². The maximum atomic E-state index is 10.9. The van der Waals surface area contributed by atoms with Gasteiger partial charge in [-0.3, -0.25) is 0 Å². The lowest BCUT2D eigenvalue weighted by Crippen LogP contribution is -1.98. The zero-order valence-electron chi connectivity index (χ0n) is 16.6. The van der Waals surface area contributed by atoms with Crippen LogP contribution in [0.15, 0.2) is 36.4 Å². The summed E-state index contributed by atoms with van der Waals surface area (Å²) in [5, 5.41) is 32.0. The number of aromatic hydroxyl groups is 3. The molecular weight excluding hydrogens is 348 g/mol. The Morgan fingerprint density at radius 2 is 0.964 bits per heavy atom. The van der Waals surface area contributed by atoms with Gasteiger partial charge in [0.15, 0.2) is 0 Å². The summed E-state index contributed by atoms with van der Waals surface area (Å²) in [6, 6.07) is 12.1. The van der Waals surface area contributed by atoms with Crippen LogP contribution in [-0.4, -0.2) is 15.3 Å². The summed E-state index contributed by atoms with van der Waals surface area (Å²) >= 11 is 0. The number of phenolic OH excluding ortho intramolecular Hbond substituents is 3. The lowest BCUT2D eigenvalue weighted by molar-refractivity contribution is 0.458. The van der Waals surface area contributed by atoms with Crippen LogP contribution in [0.1, 0.15) is 50.1 Å². The average Bonchev–Trinajstić information content (AvgIpc) is 2.63. The van der Waals surface area contributed by atoms with Crippen LogP contribution in [0.4, 0.5) is 0 Å². The molecule has 0 atom stereocenters. The van der Waals surface area contributed by atoms with Crippen molar-refractivity contribution in [2.24, 2.45) is 0 Å². The highest BCUT2D eigenvalue weighted by atomic mass is 16.3.